The van der Waals surface area contributed by atoms with Crippen molar-refractivity contribution in [3.8, 4) is 0 Å². The summed E-state index contributed by atoms with van der Waals surface area (Å²) in [4.78, 5) is 15.0. The van der Waals surface area contributed by atoms with Crippen LogP contribution in [0.4, 0.5) is 5.69 Å². The molecule has 0 radical (unpaired) electrons. The lowest BCUT2D eigenvalue weighted by Gasteiger charge is -2.43. The molecule has 3 fully saturated rings. The third-order valence-corrected chi connectivity index (χ3v) is 8.05. The highest BCUT2D eigenvalue weighted by molar-refractivity contribution is 6.01. The lowest BCUT2D eigenvalue weighted by molar-refractivity contribution is -0.118. The van der Waals surface area contributed by atoms with E-state index in [-0.39, 0.29) is 0 Å². The second kappa shape index (κ2) is 7.58. The zero-order valence-electron chi connectivity index (χ0n) is 16.5. The van der Waals surface area contributed by atoms with E-state index < -0.39 is 0 Å². The van der Waals surface area contributed by atoms with E-state index in [9.17, 15) is 4.79 Å². The van der Waals surface area contributed by atoms with Crippen LogP contribution in [0.1, 0.15) is 63.4 Å². The number of anilines is 1. The number of nitrogens with one attached hydrogen (secondary N) is 1. The summed E-state index contributed by atoms with van der Waals surface area (Å²) in [7, 11) is 0. The first-order chi connectivity index (χ1) is 13.3. The molecule has 1 N–H and O–H groups in total. The molecule has 27 heavy (non-hydrogen) atoms. The van der Waals surface area contributed by atoms with E-state index in [1.54, 1.807) is 0 Å². The van der Waals surface area contributed by atoms with E-state index >= 15 is 0 Å². The van der Waals surface area contributed by atoms with Crippen LogP contribution >= 0.6 is 0 Å². The fourth-order valence-electron chi connectivity index (χ4n) is 6.74. The van der Waals surface area contributed by atoms with Crippen molar-refractivity contribution < 1.29 is 4.79 Å². The molecule has 1 amide bonds. The Morgan fingerprint density at radius 2 is 1.85 bits per heavy atom. The Kier molecular flexibility index (Phi) is 4.98. The van der Waals surface area contributed by atoms with Gasteiger partial charge in [0.1, 0.15) is 0 Å². The summed E-state index contributed by atoms with van der Waals surface area (Å²) in [5, 5.41) is 3.64. The number of amides is 1. The number of hydrogen-bond donors (Lipinski definition) is 1. The molecule has 2 aliphatic carbocycles. The van der Waals surface area contributed by atoms with Gasteiger partial charge in [0, 0.05) is 11.7 Å². The van der Waals surface area contributed by atoms with Gasteiger partial charge in [0.05, 0.1) is 6.42 Å². The van der Waals surface area contributed by atoms with Gasteiger partial charge in [-0.3, -0.25) is 4.79 Å². The van der Waals surface area contributed by atoms with E-state index in [1.807, 2.05) is 0 Å². The van der Waals surface area contributed by atoms with Gasteiger partial charge in [-0.15, -0.1) is 0 Å². The van der Waals surface area contributed by atoms with Crippen LogP contribution < -0.4 is 10.2 Å². The summed E-state index contributed by atoms with van der Waals surface area (Å²) < 4.78 is 0. The van der Waals surface area contributed by atoms with E-state index in [0.717, 1.165) is 37.3 Å². The predicted octanol–water partition coefficient (Wildman–Crippen LogP) is 4.55. The smallest absolute Gasteiger partial charge is 0.231 e. The number of benzene rings is 1. The molecule has 2 saturated carbocycles. The Bertz CT molecular complexity index is 687. The molecule has 3 nitrogen and oxygen atoms in total. The first kappa shape index (κ1) is 17.7. The SMILES string of the molecule is O=C1Cc2ccccc2N1C1CCNCC1CC1CCC2CCCCC2C1. The zero-order valence-corrected chi connectivity index (χ0v) is 16.5. The van der Waals surface area contributed by atoms with Gasteiger partial charge in [-0.05, 0) is 74.1 Å². The molecule has 2 heterocycles. The second-order valence-electron chi connectivity index (χ2n) is 9.61. The highest BCUT2D eigenvalue weighted by atomic mass is 16.2. The van der Waals surface area contributed by atoms with Gasteiger partial charge in [0.2, 0.25) is 5.91 Å². The molecule has 2 aliphatic heterocycles. The molecule has 5 atom stereocenters. The number of piperidine rings is 1. The van der Waals surface area contributed by atoms with Crippen LogP contribution in [0.5, 0.6) is 0 Å². The summed E-state index contributed by atoms with van der Waals surface area (Å²) >= 11 is 0. The van der Waals surface area contributed by atoms with E-state index in [0.29, 0.717) is 24.3 Å². The fraction of sp³-hybridized carbons (Fsp3) is 0.708. The normalized spacial score (nSPS) is 36.4. The highest BCUT2D eigenvalue weighted by Crippen LogP contribution is 2.45. The summed E-state index contributed by atoms with van der Waals surface area (Å²) in [6, 6.07) is 8.84. The molecule has 1 saturated heterocycles. The Morgan fingerprint density at radius 1 is 1.00 bits per heavy atom. The highest BCUT2D eigenvalue weighted by Gasteiger charge is 2.40. The number of para-hydroxylation sites is 1. The molecule has 5 rings (SSSR count). The number of carbonyl (C=O) groups is 1. The van der Waals surface area contributed by atoms with Crippen LogP contribution in [0, 0.1) is 23.7 Å². The van der Waals surface area contributed by atoms with E-state index in [2.05, 4.69) is 34.5 Å². The zero-order chi connectivity index (χ0) is 18.2. The van der Waals surface area contributed by atoms with Crippen LogP contribution in [0.25, 0.3) is 0 Å². The lowest BCUT2D eigenvalue weighted by atomic mass is 9.65. The first-order valence-corrected chi connectivity index (χ1v) is 11.4. The maximum absolute atomic E-state index is 12.9. The van der Waals surface area contributed by atoms with Gasteiger partial charge in [0.25, 0.3) is 0 Å². The summed E-state index contributed by atoms with van der Waals surface area (Å²) in [6.07, 6.45) is 13.3. The molecule has 146 valence electrons. The Morgan fingerprint density at radius 3 is 2.78 bits per heavy atom. The fourth-order valence-corrected chi connectivity index (χ4v) is 6.74. The lowest BCUT2D eigenvalue weighted by Crippen LogP contribution is -2.51. The van der Waals surface area contributed by atoms with Crippen molar-refractivity contribution in [1.82, 2.24) is 5.32 Å². The van der Waals surface area contributed by atoms with Gasteiger partial charge in [-0.1, -0.05) is 50.3 Å². The van der Waals surface area contributed by atoms with Crippen LogP contribution in [-0.4, -0.2) is 25.0 Å². The van der Waals surface area contributed by atoms with Crippen molar-refractivity contribution in [3.63, 3.8) is 0 Å². The van der Waals surface area contributed by atoms with Crippen molar-refractivity contribution in [2.45, 2.75) is 70.3 Å². The predicted molar refractivity (Wildman–Crippen MR) is 110 cm³/mol. The van der Waals surface area contributed by atoms with Gasteiger partial charge in [-0.2, -0.15) is 0 Å². The number of nitrogens with zero attached hydrogens (tertiary/aromatic N) is 1. The standard InChI is InChI=1S/C24H34N2O/c27-24-15-20-7-3-4-8-22(20)26(24)23-11-12-25-16-21(23)14-17-9-10-18-5-1-2-6-19(18)13-17/h3-4,7-8,17-19,21,23,25H,1-2,5-6,9-16H2. The number of hydrogen-bond acceptors (Lipinski definition) is 2. The van der Waals surface area contributed by atoms with Crippen molar-refractivity contribution in [2.24, 2.45) is 23.7 Å². The first-order valence-electron chi connectivity index (χ1n) is 11.4. The minimum Gasteiger partial charge on any atom is -0.316 e. The molecule has 0 aromatic heterocycles. The number of rotatable bonds is 3. The largest absolute Gasteiger partial charge is 0.316 e. The Labute approximate surface area is 163 Å². The van der Waals surface area contributed by atoms with Crippen molar-refractivity contribution >= 4 is 11.6 Å². The van der Waals surface area contributed by atoms with Crippen LogP contribution in [-0.2, 0) is 11.2 Å². The Hall–Kier alpha value is -1.35. The van der Waals surface area contributed by atoms with Crippen molar-refractivity contribution in [1.29, 1.82) is 0 Å². The van der Waals surface area contributed by atoms with Gasteiger partial charge < -0.3 is 10.2 Å². The van der Waals surface area contributed by atoms with Crippen LogP contribution in [0.3, 0.4) is 0 Å². The topological polar surface area (TPSA) is 32.3 Å². The molecule has 0 spiro atoms. The molecule has 3 heteroatoms. The van der Waals surface area contributed by atoms with Gasteiger partial charge in [0.15, 0.2) is 0 Å². The third-order valence-electron chi connectivity index (χ3n) is 8.05. The molecule has 4 aliphatic rings. The third kappa shape index (κ3) is 3.44. The average Bonchev–Trinajstić information content (AvgIpc) is 3.04. The Balaban J connectivity index is 1.31. The monoisotopic (exact) mass is 366 g/mol. The molecule has 5 unspecified atom stereocenters. The number of carbonyl (C=O) groups excluding carboxylic acids is 1. The summed E-state index contributed by atoms with van der Waals surface area (Å²) in [5.41, 5.74) is 2.41. The molecule has 0 bridgehead atoms. The molecule has 1 aromatic carbocycles. The quantitative estimate of drug-likeness (QED) is 0.851. The average molecular weight is 367 g/mol. The summed E-state index contributed by atoms with van der Waals surface area (Å²) in [5.74, 6) is 3.84. The van der Waals surface area contributed by atoms with E-state index in [1.165, 1.54) is 62.6 Å². The minimum absolute atomic E-state index is 0.323. The van der Waals surface area contributed by atoms with Gasteiger partial charge >= 0.3 is 0 Å². The summed E-state index contributed by atoms with van der Waals surface area (Å²) in [6.45, 7) is 2.13. The maximum Gasteiger partial charge on any atom is 0.231 e. The van der Waals surface area contributed by atoms with Crippen LogP contribution in [0.2, 0.25) is 0 Å². The molecule has 1 aromatic rings. The maximum atomic E-state index is 12.9. The van der Waals surface area contributed by atoms with Crippen molar-refractivity contribution in [3.05, 3.63) is 29.8 Å². The van der Waals surface area contributed by atoms with E-state index in [4.69, 9.17) is 0 Å². The minimum atomic E-state index is 0.323. The molecular formula is C24H34N2O. The van der Waals surface area contributed by atoms with Gasteiger partial charge in [-0.25, -0.2) is 0 Å². The van der Waals surface area contributed by atoms with Crippen LogP contribution in [0.15, 0.2) is 24.3 Å². The number of fused-ring (bicyclic) bond motifs is 2. The second-order valence-corrected chi connectivity index (χ2v) is 9.61. The molecular weight excluding hydrogens is 332 g/mol. The van der Waals surface area contributed by atoms with Crippen molar-refractivity contribution in [2.75, 3.05) is 18.0 Å².